The molecule has 0 aromatic heterocycles. The summed E-state index contributed by atoms with van der Waals surface area (Å²) >= 11 is 16.8. The largest absolute Gasteiger partial charge is 0.300 e. The van der Waals surface area contributed by atoms with E-state index in [9.17, 15) is 8.42 Å². The molecule has 7 heteroatoms. The molecule has 0 amide bonds. The second kappa shape index (κ2) is 8.05. The molecule has 0 heterocycles. The second-order valence-corrected chi connectivity index (χ2v) is 8.02. The van der Waals surface area contributed by atoms with Crippen molar-refractivity contribution in [3.8, 4) is 0 Å². The van der Waals surface area contributed by atoms with Crippen LogP contribution in [0.2, 0.25) is 0 Å². The van der Waals surface area contributed by atoms with Crippen LogP contribution >= 0.6 is 34.8 Å². The van der Waals surface area contributed by atoms with Gasteiger partial charge >= 0.3 is 10.1 Å². The Morgan fingerprint density at radius 2 is 1.59 bits per heavy atom. The molecule has 1 N–H and O–H groups in total. The fourth-order valence-corrected chi connectivity index (χ4v) is 2.58. The highest BCUT2D eigenvalue weighted by atomic mass is 35.5. The predicted molar refractivity (Wildman–Crippen MR) is 73.6 cm³/mol. The quantitative estimate of drug-likeness (QED) is 0.389. The van der Waals surface area contributed by atoms with Crippen molar-refractivity contribution in [1.29, 1.82) is 0 Å². The molecule has 0 bridgehead atoms. The SMILES string of the molecule is CCCCCCCCC(Cl)C(Cl)(Cl)S(=O)(=O)O. The van der Waals surface area contributed by atoms with Gasteiger partial charge in [0, 0.05) is 0 Å². The Morgan fingerprint density at radius 3 is 2.06 bits per heavy atom. The van der Waals surface area contributed by atoms with Gasteiger partial charge in [0.05, 0.1) is 5.38 Å². The summed E-state index contributed by atoms with van der Waals surface area (Å²) in [6.45, 7) is 2.14. The van der Waals surface area contributed by atoms with E-state index in [2.05, 4.69) is 6.92 Å². The van der Waals surface area contributed by atoms with Crippen LogP contribution < -0.4 is 0 Å². The summed E-state index contributed by atoms with van der Waals surface area (Å²) in [5.41, 5.74) is 0. The Morgan fingerprint density at radius 1 is 1.12 bits per heavy atom. The van der Waals surface area contributed by atoms with Crippen LogP contribution in [0.1, 0.15) is 51.9 Å². The lowest BCUT2D eigenvalue weighted by atomic mass is 10.1. The number of alkyl halides is 3. The molecule has 1 atom stereocenters. The third-order valence-electron chi connectivity index (χ3n) is 2.52. The van der Waals surface area contributed by atoms with Gasteiger partial charge in [-0.05, 0) is 6.42 Å². The van der Waals surface area contributed by atoms with Crippen LogP contribution in [-0.2, 0) is 10.1 Å². The van der Waals surface area contributed by atoms with E-state index in [0.717, 1.165) is 25.7 Å². The summed E-state index contributed by atoms with van der Waals surface area (Å²) in [4.78, 5) is 0. The molecule has 17 heavy (non-hydrogen) atoms. The second-order valence-electron chi connectivity index (χ2n) is 4.06. The van der Waals surface area contributed by atoms with Crippen molar-refractivity contribution < 1.29 is 13.0 Å². The van der Waals surface area contributed by atoms with E-state index in [1.807, 2.05) is 0 Å². The summed E-state index contributed by atoms with van der Waals surface area (Å²) in [7, 11) is -4.55. The van der Waals surface area contributed by atoms with E-state index < -0.39 is 19.2 Å². The van der Waals surface area contributed by atoms with Crippen LogP contribution in [0.25, 0.3) is 0 Å². The molecule has 104 valence electrons. The molecule has 0 aromatic carbocycles. The molecule has 1 unspecified atom stereocenters. The smallest absolute Gasteiger partial charge is 0.283 e. The molecule has 0 aromatic rings. The fraction of sp³-hybridized carbons (Fsp3) is 1.00. The normalized spacial score (nSPS) is 14.9. The summed E-state index contributed by atoms with van der Waals surface area (Å²) in [5, 5.41) is -1.01. The average molecular weight is 326 g/mol. The van der Waals surface area contributed by atoms with Crippen molar-refractivity contribution in [1.82, 2.24) is 0 Å². The number of unbranched alkanes of at least 4 members (excludes halogenated alkanes) is 5. The third-order valence-corrected chi connectivity index (χ3v) is 6.09. The van der Waals surface area contributed by atoms with E-state index in [4.69, 9.17) is 39.4 Å². The summed E-state index contributed by atoms with van der Waals surface area (Å²) in [6.07, 6.45) is 6.68. The lowest BCUT2D eigenvalue weighted by molar-refractivity contribution is 0.467. The van der Waals surface area contributed by atoms with E-state index in [1.54, 1.807) is 0 Å². The first kappa shape index (κ1) is 17.8. The van der Waals surface area contributed by atoms with Crippen LogP contribution in [0.4, 0.5) is 0 Å². The zero-order valence-corrected chi connectivity index (χ0v) is 12.9. The zero-order valence-electron chi connectivity index (χ0n) is 9.83. The Kier molecular flexibility index (Phi) is 8.42. The molecule has 0 radical (unpaired) electrons. The van der Waals surface area contributed by atoms with Gasteiger partial charge in [-0.25, -0.2) is 0 Å². The monoisotopic (exact) mass is 324 g/mol. The maximum atomic E-state index is 10.9. The first-order chi connectivity index (χ1) is 7.73. The lowest BCUT2D eigenvalue weighted by Crippen LogP contribution is -2.35. The standard InChI is InChI=1S/C10H19Cl3O3S/c1-2-3-4-5-6-7-8-9(11)10(12,13)17(14,15)16/h9H,2-8H2,1H3,(H,14,15,16). The molecule has 0 aliphatic rings. The van der Waals surface area contributed by atoms with Gasteiger partial charge in [-0.2, -0.15) is 8.42 Å². The Labute approximate surface area is 119 Å². The first-order valence-corrected chi connectivity index (χ1v) is 8.35. The molecule has 0 rings (SSSR count). The first-order valence-electron chi connectivity index (χ1n) is 5.72. The van der Waals surface area contributed by atoms with Crippen LogP contribution in [0.5, 0.6) is 0 Å². The minimum Gasteiger partial charge on any atom is -0.283 e. The van der Waals surface area contributed by atoms with Gasteiger partial charge in [0.15, 0.2) is 0 Å². The minimum absolute atomic E-state index is 0.362. The number of rotatable bonds is 9. The van der Waals surface area contributed by atoms with Crippen molar-refractivity contribution >= 4 is 44.9 Å². The van der Waals surface area contributed by atoms with Gasteiger partial charge in [-0.15, -0.1) is 11.6 Å². The summed E-state index contributed by atoms with van der Waals surface area (Å²) in [6, 6.07) is 0. The van der Waals surface area contributed by atoms with E-state index in [1.165, 1.54) is 12.8 Å². The van der Waals surface area contributed by atoms with Crippen LogP contribution in [0, 0.1) is 0 Å². The molecule has 0 fully saturated rings. The summed E-state index contributed by atoms with van der Waals surface area (Å²) in [5.74, 6) is 0. The topological polar surface area (TPSA) is 54.4 Å². The Balaban J connectivity index is 3.91. The summed E-state index contributed by atoms with van der Waals surface area (Å²) < 4.78 is 28.2. The maximum absolute atomic E-state index is 10.9. The Hall–Kier alpha value is 0.780. The highest BCUT2D eigenvalue weighted by molar-refractivity contribution is 7.90. The molecule has 0 aliphatic heterocycles. The van der Waals surface area contributed by atoms with E-state index in [0.29, 0.717) is 6.42 Å². The number of hydrogen-bond donors (Lipinski definition) is 1. The van der Waals surface area contributed by atoms with Gasteiger partial charge in [0.2, 0.25) is 0 Å². The fourth-order valence-electron chi connectivity index (χ4n) is 1.43. The number of hydrogen-bond acceptors (Lipinski definition) is 2. The highest BCUT2D eigenvalue weighted by Gasteiger charge is 2.45. The van der Waals surface area contributed by atoms with E-state index in [-0.39, 0.29) is 0 Å². The molecule has 0 saturated carbocycles. The molecular weight excluding hydrogens is 307 g/mol. The van der Waals surface area contributed by atoms with Gasteiger partial charge in [-0.1, -0.05) is 68.7 Å². The van der Waals surface area contributed by atoms with Crippen molar-refractivity contribution in [2.75, 3.05) is 0 Å². The van der Waals surface area contributed by atoms with Gasteiger partial charge < -0.3 is 0 Å². The van der Waals surface area contributed by atoms with Crippen molar-refractivity contribution in [2.24, 2.45) is 0 Å². The van der Waals surface area contributed by atoms with Crippen LogP contribution in [0.3, 0.4) is 0 Å². The molecule has 3 nitrogen and oxygen atoms in total. The number of halogens is 3. The molecule has 0 aliphatic carbocycles. The predicted octanol–water partition coefficient (Wildman–Crippen LogP) is 4.36. The maximum Gasteiger partial charge on any atom is 0.300 e. The van der Waals surface area contributed by atoms with Crippen molar-refractivity contribution in [2.45, 2.75) is 60.9 Å². The Bertz CT molecular complexity index is 304. The third kappa shape index (κ3) is 6.48. The van der Waals surface area contributed by atoms with Crippen LogP contribution in [0.15, 0.2) is 0 Å². The van der Waals surface area contributed by atoms with Gasteiger partial charge in [-0.3, -0.25) is 4.55 Å². The van der Waals surface area contributed by atoms with E-state index >= 15 is 0 Å². The lowest BCUT2D eigenvalue weighted by Gasteiger charge is -2.21. The molecule has 0 saturated heterocycles. The molecule has 0 spiro atoms. The molecular formula is C10H19Cl3O3S. The zero-order chi connectivity index (χ0) is 13.5. The average Bonchev–Trinajstić information content (AvgIpc) is 2.21. The van der Waals surface area contributed by atoms with Gasteiger partial charge in [0.25, 0.3) is 3.67 Å². The minimum atomic E-state index is -4.55. The highest BCUT2D eigenvalue weighted by Crippen LogP contribution is 2.37. The van der Waals surface area contributed by atoms with Crippen molar-refractivity contribution in [3.05, 3.63) is 0 Å². The van der Waals surface area contributed by atoms with Crippen LogP contribution in [-0.4, -0.2) is 22.0 Å². The van der Waals surface area contributed by atoms with Gasteiger partial charge in [0.1, 0.15) is 0 Å². The van der Waals surface area contributed by atoms with Crippen molar-refractivity contribution in [3.63, 3.8) is 0 Å².